The number of rotatable bonds is 8. The van der Waals surface area contributed by atoms with Crippen molar-refractivity contribution in [1.29, 1.82) is 0 Å². The molecule has 2 aliphatic rings. The average Bonchev–Trinajstić information content (AvgIpc) is 3.38. The number of pyridine rings is 1. The summed E-state index contributed by atoms with van der Waals surface area (Å²) in [6.45, 7) is 5.00. The van der Waals surface area contributed by atoms with Crippen LogP contribution in [0.2, 0.25) is 0 Å². The van der Waals surface area contributed by atoms with Gasteiger partial charge in [0.2, 0.25) is 0 Å². The van der Waals surface area contributed by atoms with Crippen LogP contribution in [0.5, 0.6) is 0 Å². The van der Waals surface area contributed by atoms with E-state index in [0.29, 0.717) is 18.3 Å². The molecule has 6 heteroatoms. The summed E-state index contributed by atoms with van der Waals surface area (Å²) in [5.74, 6) is 2.25. The van der Waals surface area contributed by atoms with Gasteiger partial charge in [-0.25, -0.2) is 4.98 Å². The number of morpholine rings is 1. The Labute approximate surface area is 189 Å². The normalized spacial score (nSPS) is 25.8. The monoisotopic (exact) mass is 432 g/mol. The fraction of sp³-hybridized carbons (Fsp3) is 0.462. The molecule has 168 valence electrons. The maximum absolute atomic E-state index is 12.6. The van der Waals surface area contributed by atoms with E-state index >= 15 is 0 Å². The molecule has 1 aromatic carbocycles. The third kappa shape index (κ3) is 4.71. The van der Waals surface area contributed by atoms with Crippen molar-refractivity contribution >= 4 is 22.5 Å². The van der Waals surface area contributed by atoms with E-state index in [1.165, 1.54) is 6.42 Å². The van der Waals surface area contributed by atoms with Gasteiger partial charge in [-0.15, -0.1) is 0 Å². The van der Waals surface area contributed by atoms with E-state index in [2.05, 4.69) is 21.8 Å². The summed E-state index contributed by atoms with van der Waals surface area (Å²) in [5.41, 5.74) is 8.59. The van der Waals surface area contributed by atoms with E-state index in [0.717, 1.165) is 66.5 Å². The number of nitrogens with zero attached hydrogens (tertiary/aromatic N) is 2. The number of ether oxygens (including phenoxy) is 1. The average molecular weight is 433 g/mol. The predicted octanol–water partition coefficient (Wildman–Crippen LogP) is 4.60. The fourth-order valence-electron chi connectivity index (χ4n) is 4.94. The Morgan fingerprint density at radius 2 is 2.12 bits per heavy atom. The van der Waals surface area contributed by atoms with E-state index in [9.17, 15) is 4.79 Å². The molecular weight excluding hydrogens is 400 g/mol. The molecule has 0 amide bonds. The number of aromatic amines is 1. The Morgan fingerprint density at radius 1 is 1.25 bits per heavy atom. The number of hydrogen-bond acceptors (Lipinski definition) is 5. The van der Waals surface area contributed by atoms with Crippen molar-refractivity contribution in [2.24, 2.45) is 11.8 Å². The molecule has 3 heterocycles. The highest BCUT2D eigenvalue weighted by atomic mass is 16.5. The lowest BCUT2D eigenvalue weighted by atomic mass is 10.1. The van der Waals surface area contributed by atoms with Crippen molar-refractivity contribution in [3.63, 3.8) is 0 Å². The minimum Gasteiger partial charge on any atom is -0.384 e. The highest BCUT2D eigenvalue weighted by Gasteiger charge is 2.39. The summed E-state index contributed by atoms with van der Waals surface area (Å²) in [4.78, 5) is 22.6. The fourth-order valence-corrected chi connectivity index (χ4v) is 4.94. The number of anilines is 1. The zero-order valence-electron chi connectivity index (χ0n) is 18.7. The highest BCUT2D eigenvalue weighted by Crippen LogP contribution is 2.43. The minimum absolute atomic E-state index is 0.0606. The standard InChI is InChI=1S/C26H32N4O2/c1-17-16-32-25(20-9-10-26(27)28-13-20)15-30(17)14-21-11-18(21)6-4-8-24(31)23-12-19-5-2-3-7-22(19)29-23/h2-3,5,7,9-10,12-13,17-18,21,25,29H,4,6,8,11,14-16H2,1H3,(H2,27,28)/t17-,18?,21?,25+/m0/s1. The molecule has 3 N–H and O–H groups in total. The molecule has 6 nitrogen and oxygen atoms in total. The molecule has 1 saturated carbocycles. The SMILES string of the molecule is C[C@H]1CO[C@@H](c2ccc(N)nc2)CN1CC1CC1CCCC(=O)c1cc2ccccc2[nH]1. The summed E-state index contributed by atoms with van der Waals surface area (Å²) in [5, 5.41) is 1.10. The van der Waals surface area contributed by atoms with Crippen molar-refractivity contribution in [3.8, 4) is 0 Å². The van der Waals surface area contributed by atoms with Crippen LogP contribution in [0.25, 0.3) is 10.9 Å². The van der Waals surface area contributed by atoms with Crippen LogP contribution in [-0.2, 0) is 4.74 Å². The van der Waals surface area contributed by atoms with Gasteiger partial charge in [-0.3, -0.25) is 9.69 Å². The molecule has 2 aromatic heterocycles. The lowest BCUT2D eigenvalue weighted by Gasteiger charge is -2.38. The zero-order valence-corrected chi connectivity index (χ0v) is 18.7. The molecule has 2 unspecified atom stereocenters. The first kappa shape index (κ1) is 21.2. The Balaban J connectivity index is 1.07. The van der Waals surface area contributed by atoms with Gasteiger partial charge in [0.25, 0.3) is 0 Å². The van der Waals surface area contributed by atoms with E-state index in [1.807, 2.05) is 48.7 Å². The molecule has 1 aliphatic carbocycles. The van der Waals surface area contributed by atoms with Gasteiger partial charge in [0.05, 0.1) is 18.4 Å². The van der Waals surface area contributed by atoms with Crippen LogP contribution in [0.3, 0.4) is 0 Å². The van der Waals surface area contributed by atoms with E-state index in [-0.39, 0.29) is 11.9 Å². The maximum atomic E-state index is 12.6. The minimum atomic E-state index is 0.0606. The molecule has 1 aliphatic heterocycles. The van der Waals surface area contributed by atoms with Gasteiger partial charge in [-0.05, 0) is 56.2 Å². The molecule has 4 atom stereocenters. The first-order valence-corrected chi connectivity index (χ1v) is 11.7. The topological polar surface area (TPSA) is 84.2 Å². The van der Waals surface area contributed by atoms with Crippen molar-refractivity contribution in [2.75, 3.05) is 25.4 Å². The van der Waals surface area contributed by atoms with E-state index in [4.69, 9.17) is 10.5 Å². The number of para-hydroxylation sites is 1. The van der Waals surface area contributed by atoms with Crippen LogP contribution in [0.4, 0.5) is 5.82 Å². The van der Waals surface area contributed by atoms with Crippen molar-refractivity contribution in [1.82, 2.24) is 14.9 Å². The van der Waals surface area contributed by atoms with Crippen LogP contribution >= 0.6 is 0 Å². The zero-order chi connectivity index (χ0) is 22.1. The van der Waals surface area contributed by atoms with Gasteiger partial charge >= 0.3 is 0 Å². The van der Waals surface area contributed by atoms with Gasteiger partial charge in [0.1, 0.15) is 5.82 Å². The number of carbonyl (C=O) groups is 1. The van der Waals surface area contributed by atoms with Crippen LogP contribution in [0.1, 0.15) is 54.8 Å². The number of fused-ring (bicyclic) bond motifs is 1. The first-order valence-electron chi connectivity index (χ1n) is 11.7. The molecular formula is C26H32N4O2. The van der Waals surface area contributed by atoms with E-state index in [1.54, 1.807) is 0 Å². The van der Waals surface area contributed by atoms with Crippen LogP contribution in [-0.4, -0.2) is 46.4 Å². The number of benzene rings is 1. The molecule has 5 rings (SSSR count). The summed E-state index contributed by atoms with van der Waals surface area (Å²) >= 11 is 0. The number of nitrogens with one attached hydrogen (secondary N) is 1. The van der Waals surface area contributed by atoms with Gasteiger partial charge in [-0.1, -0.05) is 24.3 Å². The van der Waals surface area contributed by atoms with Gasteiger partial charge in [-0.2, -0.15) is 0 Å². The van der Waals surface area contributed by atoms with Crippen LogP contribution in [0, 0.1) is 11.8 Å². The summed E-state index contributed by atoms with van der Waals surface area (Å²) < 4.78 is 6.07. The van der Waals surface area contributed by atoms with Gasteiger partial charge in [0, 0.05) is 48.2 Å². The number of ketones is 1. The summed E-state index contributed by atoms with van der Waals surface area (Å²) in [6, 6.07) is 14.3. The molecule has 1 saturated heterocycles. The highest BCUT2D eigenvalue weighted by molar-refractivity contribution is 5.99. The number of nitrogen functional groups attached to an aromatic ring is 1. The van der Waals surface area contributed by atoms with Crippen molar-refractivity contribution in [2.45, 2.75) is 44.8 Å². The first-order chi connectivity index (χ1) is 15.6. The second kappa shape index (κ2) is 9.04. The maximum Gasteiger partial charge on any atom is 0.179 e. The predicted molar refractivity (Wildman–Crippen MR) is 126 cm³/mol. The largest absolute Gasteiger partial charge is 0.384 e. The molecule has 2 fully saturated rings. The molecule has 32 heavy (non-hydrogen) atoms. The van der Waals surface area contributed by atoms with Gasteiger partial charge in [0.15, 0.2) is 5.78 Å². The Hall–Kier alpha value is -2.70. The second-order valence-corrected chi connectivity index (χ2v) is 9.48. The molecule has 0 spiro atoms. The lowest BCUT2D eigenvalue weighted by Crippen LogP contribution is -2.46. The third-order valence-electron chi connectivity index (χ3n) is 7.09. The van der Waals surface area contributed by atoms with E-state index < -0.39 is 0 Å². The number of Topliss-reactive ketones (excluding diaryl/α,β-unsaturated/α-hetero) is 1. The number of carbonyl (C=O) groups excluding carboxylic acids is 1. The van der Waals surface area contributed by atoms with Crippen LogP contribution in [0.15, 0.2) is 48.7 Å². The molecule has 0 radical (unpaired) electrons. The number of nitrogens with two attached hydrogens (primary N) is 1. The van der Waals surface area contributed by atoms with Crippen molar-refractivity contribution < 1.29 is 9.53 Å². The Morgan fingerprint density at radius 3 is 2.94 bits per heavy atom. The smallest absolute Gasteiger partial charge is 0.179 e. The van der Waals surface area contributed by atoms with Gasteiger partial charge < -0.3 is 15.5 Å². The summed E-state index contributed by atoms with van der Waals surface area (Å²) in [7, 11) is 0. The molecule has 3 aromatic rings. The Kier molecular flexibility index (Phi) is 5.98. The molecule has 0 bridgehead atoms. The van der Waals surface area contributed by atoms with Crippen molar-refractivity contribution in [3.05, 3.63) is 59.9 Å². The van der Waals surface area contributed by atoms with Crippen LogP contribution < -0.4 is 5.73 Å². The summed E-state index contributed by atoms with van der Waals surface area (Å²) in [6.07, 6.45) is 5.90. The number of aromatic nitrogens is 2. The lowest BCUT2D eigenvalue weighted by molar-refractivity contribution is -0.0619. The Bertz CT molecular complexity index is 1040. The quantitative estimate of drug-likeness (QED) is 0.509. The third-order valence-corrected chi connectivity index (χ3v) is 7.09. The second-order valence-electron chi connectivity index (χ2n) is 9.48. The number of hydrogen-bond donors (Lipinski definition) is 2. The number of H-pyrrole nitrogens is 1.